The molecule has 0 saturated carbocycles. The average molecular weight is 472 g/mol. The molecule has 1 aromatic carbocycles. The highest BCUT2D eigenvalue weighted by Gasteiger charge is 2.31. The van der Waals surface area contributed by atoms with Gasteiger partial charge < -0.3 is 14.8 Å². The van der Waals surface area contributed by atoms with Crippen LogP contribution in [-0.2, 0) is 4.79 Å². The smallest absolute Gasteiger partial charge is 0.259 e. The van der Waals surface area contributed by atoms with Gasteiger partial charge in [0.15, 0.2) is 5.82 Å². The van der Waals surface area contributed by atoms with Crippen LogP contribution in [0.25, 0.3) is 11.5 Å². The molecule has 1 saturated heterocycles. The highest BCUT2D eigenvalue weighted by atomic mass is 16.2. The number of amides is 2. The topological polar surface area (TPSA) is 72.2 Å². The van der Waals surface area contributed by atoms with Crippen molar-refractivity contribution in [3.63, 3.8) is 0 Å². The van der Waals surface area contributed by atoms with Crippen LogP contribution < -0.4 is 5.32 Å². The van der Waals surface area contributed by atoms with Crippen molar-refractivity contribution >= 4 is 11.8 Å². The third-order valence-electron chi connectivity index (χ3n) is 7.03. The van der Waals surface area contributed by atoms with E-state index >= 15 is 0 Å². The second-order valence-electron chi connectivity index (χ2n) is 9.46. The SMILES string of the molecule is O=C(NCCC1=CCCCC1)C1CCCN(C(=O)c2cnn(-c3ccccc3)c2-n2cccc2)C1. The third-order valence-corrected chi connectivity index (χ3v) is 7.03. The summed E-state index contributed by atoms with van der Waals surface area (Å²) >= 11 is 0. The van der Waals surface area contributed by atoms with E-state index in [0.29, 0.717) is 31.0 Å². The molecule has 3 aromatic rings. The van der Waals surface area contributed by atoms with E-state index < -0.39 is 0 Å². The Hall–Kier alpha value is -3.61. The van der Waals surface area contributed by atoms with E-state index in [9.17, 15) is 9.59 Å². The second-order valence-corrected chi connectivity index (χ2v) is 9.46. The van der Waals surface area contributed by atoms with Crippen LogP contribution in [0.3, 0.4) is 0 Å². The molecule has 0 bridgehead atoms. The molecule has 182 valence electrons. The minimum absolute atomic E-state index is 0.0597. The molecule has 1 fully saturated rings. The first kappa shape index (κ1) is 23.1. The summed E-state index contributed by atoms with van der Waals surface area (Å²) in [6, 6.07) is 13.7. The van der Waals surface area contributed by atoms with E-state index in [4.69, 9.17) is 0 Å². The second kappa shape index (κ2) is 10.8. The minimum Gasteiger partial charge on any atom is -0.355 e. The zero-order valence-corrected chi connectivity index (χ0v) is 20.1. The normalized spacial score (nSPS) is 18.2. The van der Waals surface area contributed by atoms with Crippen LogP contribution in [0, 0.1) is 5.92 Å². The monoisotopic (exact) mass is 471 g/mol. The van der Waals surface area contributed by atoms with E-state index in [1.54, 1.807) is 10.9 Å². The lowest BCUT2D eigenvalue weighted by Gasteiger charge is -2.32. The van der Waals surface area contributed by atoms with Gasteiger partial charge >= 0.3 is 0 Å². The highest BCUT2D eigenvalue weighted by Crippen LogP contribution is 2.25. The summed E-state index contributed by atoms with van der Waals surface area (Å²) < 4.78 is 3.71. The van der Waals surface area contributed by atoms with Gasteiger partial charge in [0.05, 0.1) is 17.8 Å². The molecule has 0 radical (unpaired) electrons. The van der Waals surface area contributed by atoms with Crippen LogP contribution >= 0.6 is 0 Å². The van der Waals surface area contributed by atoms with E-state index in [-0.39, 0.29) is 17.7 Å². The predicted octanol–water partition coefficient (Wildman–Crippen LogP) is 4.52. The Bertz CT molecular complexity index is 1180. The maximum absolute atomic E-state index is 13.7. The van der Waals surface area contributed by atoms with E-state index in [0.717, 1.165) is 37.8 Å². The van der Waals surface area contributed by atoms with Gasteiger partial charge in [-0.3, -0.25) is 9.59 Å². The zero-order valence-electron chi connectivity index (χ0n) is 20.1. The standard InChI is InChI=1S/C28H33N5O2/c34-26(29-16-15-22-10-3-1-4-11-22)23-12-9-19-32(21-23)28(35)25-20-30-33(24-13-5-2-6-14-24)27(25)31-17-7-8-18-31/h2,5-8,10,13-14,17-18,20,23H,1,3-4,9,11-12,15-16,19,21H2,(H,29,34). The minimum atomic E-state index is -0.174. The van der Waals surface area contributed by atoms with Crippen molar-refractivity contribution in [3.8, 4) is 11.5 Å². The highest BCUT2D eigenvalue weighted by molar-refractivity contribution is 5.97. The first-order valence-electron chi connectivity index (χ1n) is 12.7. The van der Waals surface area contributed by atoms with E-state index in [2.05, 4.69) is 16.5 Å². The van der Waals surface area contributed by atoms with Gasteiger partial charge in [0.1, 0.15) is 5.56 Å². The average Bonchev–Trinajstić information content (AvgIpc) is 3.59. The maximum atomic E-state index is 13.7. The Kier molecular flexibility index (Phi) is 7.12. The predicted molar refractivity (Wildman–Crippen MR) is 136 cm³/mol. The molecule has 1 unspecified atom stereocenters. The summed E-state index contributed by atoms with van der Waals surface area (Å²) in [5.74, 6) is 0.510. The molecule has 1 N–H and O–H groups in total. The Morgan fingerprint density at radius 3 is 2.63 bits per heavy atom. The molecule has 3 heterocycles. The number of aromatic nitrogens is 3. The number of carbonyl (C=O) groups excluding carboxylic acids is 2. The van der Waals surface area contributed by atoms with Gasteiger partial charge in [0.25, 0.3) is 5.91 Å². The number of benzene rings is 1. The van der Waals surface area contributed by atoms with Gasteiger partial charge in [0, 0.05) is 32.0 Å². The van der Waals surface area contributed by atoms with E-state index in [1.165, 1.54) is 18.4 Å². The number of para-hydroxylation sites is 1. The Labute approximate surface area is 206 Å². The largest absolute Gasteiger partial charge is 0.355 e. The molecule has 2 aromatic heterocycles. The first-order valence-corrected chi connectivity index (χ1v) is 12.7. The van der Waals surface area contributed by atoms with E-state index in [1.807, 2.05) is 64.3 Å². The number of piperidine rings is 1. The van der Waals surface area contributed by atoms with Crippen molar-refractivity contribution < 1.29 is 9.59 Å². The number of nitrogens with one attached hydrogen (secondary N) is 1. The molecule has 1 atom stereocenters. The van der Waals surface area contributed by atoms with Crippen molar-refractivity contribution in [2.24, 2.45) is 5.92 Å². The number of hydrogen-bond acceptors (Lipinski definition) is 3. The van der Waals surface area contributed by atoms with Crippen molar-refractivity contribution in [3.05, 3.63) is 78.3 Å². The number of carbonyl (C=O) groups is 2. The van der Waals surface area contributed by atoms with Crippen LogP contribution in [0.1, 0.15) is 55.3 Å². The molecule has 1 aliphatic heterocycles. The van der Waals surface area contributed by atoms with Crippen molar-refractivity contribution in [2.45, 2.75) is 44.9 Å². The van der Waals surface area contributed by atoms with Crippen LogP contribution in [0.15, 0.2) is 72.7 Å². The zero-order chi connectivity index (χ0) is 24.0. The quantitative estimate of drug-likeness (QED) is 0.515. The fourth-order valence-corrected chi connectivity index (χ4v) is 5.14. The third kappa shape index (κ3) is 5.24. The Morgan fingerprint density at radius 2 is 1.86 bits per heavy atom. The van der Waals surface area contributed by atoms with Crippen molar-refractivity contribution in [2.75, 3.05) is 19.6 Å². The molecule has 7 heteroatoms. The molecule has 0 spiro atoms. The lowest BCUT2D eigenvalue weighted by molar-refractivity contribution is -0.126. The summed E-state index contributed by atoms with van der Waals surface area (Å²) in [4.78, 5) is 28.4. The molecule has 7 nitrogen and oxygen atoms in total. The van der Waals surface area contributed by atoms with Gasteiger partial charge in [-0.15, -0.1) is 0 Å². The fraction of sp³-hybridized carbons (Fsp3) is 0.393. The summed E-state index contributed by atoms with van der Waals surface area (Å²) in [5.41, 5.74) is 2.89. The summed E-state index contributed by atoms with van der Waals surface area (Å²) in [7, 11) is 0. The number of likely N-dealkylation sites (tertiary alicyclic amines) is 1. The van der Waals surface area contributed by atoms with Crippen molar-refractivity contribution in [1.82, 2.24) is 24.6 Å². The number of nitrogens with zero attached hydrogens (tertiary/aromatic N) is 4. The first-order chi connectivity index (χ1) is 17.2. The van der Waals surface area contributed by atoms with Gasteiger partial charge in [0.2, 0.25) is 5.91 Å². The Morgan fingerprint density at radius 1 is 1.03 bits per heavy atom. The van der Waals surface area contributed by atoms with Crippen LogP contribution in [0.4, 0.5) is 0 Å². The summed E-state index contributed by atoms with van der Waals surface area (Å²) in [6.45, 7) is 1.77. The van der Waals surface area contributed by atoms with Crippen LogP contribution in [0.2, 0.25) is 0 Å². The molecule has 5 rings (SSSR count). The fourth-order valence-electron chi connectivity index (χ4n) is 5.14. The van der Waals surface area contributed by atoms with Gasteiger partial charge in [-0.25, -0.2) is 4.68 Å². The number of rotatable bonds is 7. The van der Waals surface area contributed by atoms with Crippen LogP contribution in [-0.4, -0.2) is 50.7 Å². The molecule has 2 amide bonds. The lowest BCUT2D eigenvalue weighted by Crippen LogP contribution is -2.45. The summed E-state index contributed by atoms with van der Waals surface area (Å²) in [6.07, 6.45) is 15.2. The number of hydrogen-bond donors (Lipinski definition) is 1. The van der Waals surface area contributed by atoms with Gasteiger partial charge in [-0.05, 0) is 69.2 Å². The van der Waals surface area contributed by atoms with Crippen molar-refractivity contribution in [1.29, 1.82) is 0 Å². The lowest BCUT2D eigenvalue weighted by atomic mass is 9.95. The molecule has 2 aliphatic rings. The van der Waals surface area contributed by atoms with Gasteiger partial charge in [-0.2, -0.15) is 5.10 Å². The van der Waals surface area contributed by atoms with Crippen LogP contribution in [0.5, 0.6) is 0 Å². The molecular formula is C28H33N5O2. The molecule has 35 heavy (non-hydrogen) atoms. The number of allylic oxidation sites excluding steroid dienone is 1. The Balaban J connectivity index is 1.29. The molecular weight excluding hydrogens is 438 g/mol. The maximum Gasteiger partial charge on any atom is 0.259 e. The summed E-state index contributed by atoms with van der Waals surface area (Å²) in [5, 5.41) is 7.68. The van der Waals surface area contributed by atoms with Gasteiger partial charge in [-0.1, -0.05) is 29.8 Å². The molecule has 1 aliphatic carbocycles.